The highest BCUT2D eigenvalue weighted by atomic mass is 16.5. The lowest BCUT2D eigenvalue weighted by Crippen LogP contribution is -2.41. The molecular formula is C20H32N2O3. The summed E-state index contributed by atoms with van der Waals surface area (Å²) in [5, 5.41) is 2.90. The second kappa shape index (κ2) is 9.20. The van der Waals surface area contributed by atoms with Gasteiger partial charge in [-0.3, -0.25) is 9.69 Å². The first kappa shape index (κ1) is 19.7. The van der Waals surface area contributed by atoms with Gasteiger partial charge in [0.25, 0.3) is 5.91 Å². The van der Waals surface area contributed by atoms with E-state index in [9.17, 15) is 4.79 Å². The van der Waals surface area contributed by atoms with Crippen molar-refractivity contribution in [2.45, 2.75) is 58.1 Å². The largest absolute Gasteiger partial charge is 0.492 e. The number of carbonyl (C=O) groups excluding carboxylic acids is 1. The van der Waals surface area contributed by atoms with E-state index in [4.69, 9.17) is 9.47 Å². The molecule has 1 aliphatic rings. The van der Waals surface area contributed by atoms with Gasteiger partial charge in [0, 0.05) is 25.4 Å². The molecule has 25 heavy (non-hydrogen) atoms. The maximum absolute atomic E-state index is 12.3. The number of carbonyl (C=O) groups is 1. The van der Waals surface area contributed by atoms with Crippen LogP contribution in [0.3, 0.4) is 0 Å². The van der Waals surface area contributed by atoms with Gasteiger partial charge in [-0.2, -0.15) is 0 Å². The molecule has 1 N–H and O–H groups in total. The van der Waals surface area contributed by atoms with Crippen molar-refractivity contribution >= 4 is 11.6 Å². The lowest BCUT2D eigenvalue weighted by Gasteiger charge is -2.33. The zero-order chi connectivity index (χ0) is 18.3. The molecule has 5 heteroatoms. The Bertz CT molecular complexity index is 540. The van der Waals surface area contributed by atoms with Crippen molar-refractivity contribution in [3.05, 3.63) is 24.3 Å². The molecule has 5 nitrogen and oxygen atoms in total. The van der Waals surface area contributed by atoms with Crippen LogP contribution in [0.5, 0.6) is 5.75 Å². The van der Waals surface area contributed by atoms with Gasteiger partial charge in [0.05, 0.1) is 0 Å². The van der Waals surface area contributed by atoms with Gasteiger partial charge in [0.15, 0.2) is 0 Å². The molecule has 1 aromatic carbocycles. The average molecular weight is 348 g/mol. The van der Waals surface area contributed by atoms with Crippen molar-refractivity contribution < 1.29 is 14.3 Å². The van der Waals surface area contributed by atoms with E-state index in [1.54, 1.807) is 14.0 Å². The molecule has 140 valence electrons. The zero-order valence-corrected chi connectivity index (χ0v) is 16.0. The molecule has 0 bridgehead atoms. The van der Waals surface area contributed by atoms with E-state index in [1.165, 1.54) is 25.8 Å². The number of anilines is 1. The van der Waals surface area contributed by atoms with Crippen molar-refractivity contribution in [1.29, 1.82) is 0 Å². The third-order valence-electron chi connectivity index (χ3n) is 5.31. The molecule has 1 heterocycles. The Kier molecular flexibility index (Phi) is 7.26. The van der Waals surface area contributed by atoms with E-state index in [1.807, 2.05) is 31.2 Å². The highest BCUT2D eigenvalue weighted by Crippen LogP contribution is 2.20. The SMILES string of the molecule is CC[C@@](C)(OC)C(=O)Nc1ccc(OCCN2CCCC[C@H]2C)cc1. The predicted octanol–water partition coefficient (Wildman–Crippen LogP) is 3.69. The van der Waals surface area contributed by atoms with Crippen molar-refractivity contribution in [3.8, 4) is 5.75 Å². The van der Waals surface area contributed by atoms with Crippen LogP contribution in [0, 0.1) is 0 Å². The lowest BCUT2D eigenvalue weighted by atomic mass is 10.0. The number of rotatable bonds is 8. The molecule has 2 rings (SSSR count). The second-order valence-corrected chi connectivity index (χ2v) is 7.00. The summed E-state index contributed by atoms with van der Waals surface area (Å²) in [6.45, 7) is 8.84. The van der Waals surface area contributed by atoms with Crippen molar-refractivity contribution in [2.75, 3.05) is 32.1 Å². The van der Waals surface area contributed by atoms with Crippen LogP contribution in [0.15, 0.2) is 24.3 Å². The Hall–Kier alpha value is -1.59. The minimum atomic E-state index is -0.805. The molecule has 1 saturated heterocycles. The smallest absolute Gasteiger partial charge is 0.256 e. The minimum absolute atomic E-state index is 0.134. The van der Waals surface area contributed by atoms with Gasteiger partial charge in [0.1, 0.15) is 18.0 Å². The molecule has 1 fully saturated rings. The summed E-state index contributed by atoms with van der Waals surface area (Å²) in [6.07, 6.45) is 4.53. The molecule has 2 atom stereocenters. The summed E-state index contributed by atoms with van der Waals surface area (Å²) in [5.41, 5.74) is -0.0564. The molecule has 0 radical (unpaired) electrons. The predicted molar refractivity (Wildman–Crippen MR) is 101 cm³/mol. The van der Waals surface area contributed by atoms with Gasteiger partial charge in [-0.05, 0) is 63.9 Å². The maximum Gasteiger partial charge on any atom is 0.256 e. The topological polar surface area (TPSA) is 50.8 Å². The monoisotopic (exact) mass is 348 g/mol. The Morgan fingerprint density at radius 3 is 2.64 bits per heavy atom. The normalized spacial score (nSPS) is 20.7. The summed E-state index contributed by atoms with van der Waals surface area (Å²) in [5.74, 6) is 0.693. The number of hydrogen-bond acceptors (Lipinski definition) is 4. The number of likely N-dealkylation sites (tertiary alicyclic amines) is 1. The maximum atomic E-state index is 12.3. The molecule has 1 aromatic rings. The summed E-state index contributed by atoms with van der Waals surface area (Å²) in [7, 11) is 1.56. The van der Waals surface area contributed by atoms with E-state index in [-0.39, 0.29) is 5.91 Å². The lowest BCUT2D eigenvalue weighted by molar-refractivity contribution is -0.136. The first-order valence-electron chi connectivity index (χ1n) is 9.32. The van der Waals surface area contributed by atoms with Gasteiger partial charge in [0.2, 0.25) is 0 Å². The molecule has 1 amide bonds. The van der Waals surface area contributed by atoms with Crippen LogP contribution >= 0.6 is 0 Å². The summed E-state index contributed by atoms with van der Waals surface area (Å²) in [4.78, 5) is 14.8. The second-order valence-electron chi connectivity index (χ2n) is 7.00. The molecule has 0 unspecified atom stereocenters. The molecule has 1 aliphatic heterocycles. The Labute approximate surface area is 151 Å². The molecule has 0 aromatic heterocycles. The van der Waals surface area contributed by atoms with Crippen LogP contribution in [0.25, 0.3) is 0 Å². The fourth-order valence-electron chi connectivity index (χ4n) is 3.07. The van der Waals surface area contributed by atoms with Crippen molar-refractivity contribution in [2.24, 2.45) is 0 Å². The van der Waals surface area contributed by atoms with Crippen molar-refractivity contribution in [1.82, 2.24) is 4.90 Å². The van der Waals surface area contributed by atoms with E-state index in [2.05, 4.69) is 17.1 Å². The highest BCUT2D eigenvalue weighted by Gasteiger charge is 2.30. The Balaban J connectivity index is 1.80. The fraction of sp³-hybridized carbons (Fsp3) is 0.650. The van der Waals surface area contributed by atoms with Crippen LogP contribution in [-0.2, 0) is 9.53 Å². The third kappa shape index (κ3) is 5.44. The average Bonchev–Trinajstić information content (AvgIpc) is 2.64. The number of hydrogen-bond donors (Lipinski definition) is 1. The third-order valence-corrected chi connectivity index (χ3v) is 5.31. The van der Waals surface area contributed by atoms with E-state index in [0.29, 0.717) is 19.1 Å². The van der Waals surface area contributed by atoms with Crippen LogP contribution < -0.4 is 10.1 Å². The van der Waals surface area contributed by atoms with Gasteiger partial charge in [-0.15, -0.1) is 0 Å². The molecule has 0 aliphatic carbocycles. The quantitative estimate of drug-likeness (QED) is 0.778. The molecular weight excluding hydrogens is 316 g/mol. The van der Waals surface area contributed by atoms with Gasteiger partial charge >= 0.3 is 0 Å². The van der Waals surface area contributed by atoms with E-state index in [0.717, 1.165) is 18.0 Å². The number of benzene rings is 1. The summed E-state index contributed by atoms with van der Waals surface area (Å²) >= 11 is 0. The van der Waals surface area contributed by atoms with Gasteiger partial charge < -0.3 is 14.8 Å². The number of nitrogens with one attached hydrogen (secondary N) is 1. The van der Waals surface area contributed by atoms with Gasteiger partial charge in [-0.25, -0.2) is 0 Å². The van der Waals surface area contributed by atoms with Crippen LogP contribution in [-0.4, -0.2) is 49.3 Å². The first-order valence-corrected chi connectivity index (χ1v) is 9.32. The summed E-state index contributed by atoms with van der Waals surface area (Å²) < 4.78 is 11.2. The van der Waals surface area contributed by atoms with Crippen LogP contribution in [0.4, 0.5) is 5.69 Å². The Morgan fingerprint density at radius 1 is 1.32 bits per heavy atom. The van der Waals surface area contributed by atoms with Crippen LogP contribution in [0.1, 0.15) is 46.5 Å². The van der Waals surface area contributed by atoms with Crippen LogP contribution in [0.2, 0.25) is 0 Å². The van der Waals surface area contributed by atoms with Gasteiger partial charge in [-0.1, -0.05) is 13.3 Å². The zero-order valence-electron chi connectivity index (χ0n) is 16.0. The fourth-order valence-corrected chi connectivity index (χ4v) is 3.07. The Morgan fingerprint density at radius 2 is 2.04 bits per heavy atom. The van der Waals surface area contributed by atoms with E-state index < -0.39 is 5.60 Å². The van der Waals surface area contributed by atoms with E-state index >= 15 is 0 Å². The summed E-state index contributed by atoms with van der Waals surface area (Å²) in [6, 6.07) is 8.17. The number of nitrogens with zero attached hydrogens (tertiary/aromatic N) is 1. The number of ether oxygens (including phenoxy) is 2. The number of methoxy groups -OCH3 is 1. The standard InChI is InChI=1S/C20H32N2O3/c1-5-20(3,24-4)19(23)21-17-9-11-18(12-10-17)25-15-14-22-13-7-6-8-16(22)2/h9-12,16H,5-8,13-15H2,1-4H3,(H,21,23)/t16-,20-/m1/s1. The first-order chi connectivity index (χ1) is 12.0. The number of piperidine rings is 1. The highest BCUT2D eigenvalue weighted by molar-refractivity contribution is 5.97. The minimum Gasteiger partial charge on any atom is -0.492 e. The molecule has 0 spiro atoms. The van der Waals surface area contributed by atoms with Crippen molar-refractivity contribution in [3.63, 3.8) is 0 Å². The number of amides is 1. The molecule has 0 saturated carbocycles.